The van der Waals surface area contributed by atoms with Crippen LogP contribution < -0.4 is 0 Å². The lowest BCUT2D eigenvalue weighted by Crippen LogP contribution is -1.90. The minimum absolute atomic E-state index is 0.996. The minimum atomic E-state index is 0.996. The number of nitrogens with zero attached hydrogens (tertiary/aromatic N) is 14. The van der Waals surface area contributed by atoms with Crippen LogP contribution in [0.2, 0.25) is 0 Å². The fourth-order valence-corrected chi connectivity index (χ4v) is 16.1. The molecular weight excluding hydrogens is 1510 g/mol. The number of imidazole rings is 7. The van der Waals surface area contributed by atoms with Gasteiger partial charge in [-0.3, -0.25) is 8.80 Å². The average molecular weight is 1590 g/mol. The summed E-state index contributed by atoms with van der Waals surface area (Å²) >= 11 is 0. The molecule has 0 saturated heterocycles. The third-order valence-electron chi connectivity index (χ3n) is 22.3. The van der Waals surface area contributed by atoms with E-state index >= 15 is 0 Å². The van der Waals surface area contributed by atoms with Gasteiger partial charge in [-0.25, -0.2) is 34.9 Å². The standard InChI is InChI=1S/C23H16N2.2C21H14N2.C18H14N2.C11H8N2.C8H8N2.C7H6N2/c1-3-10-18(11-4-1)21-22(19-12-5-2-6-13-19)25-16-15-17-9-7-8-14-20(17)23(25)24-21;1-2-7-17-13-18(10-9-15(17)5-1)20-14-23-12-11-16-6-3-4-8-19(16)21(23)22-20;1-2-8-15(9-3-1)19-14-23-20-13-7-6-11-17(20)16-10-4-5-12-18(16)21(23)22-19;1-13-6-8-15(9-7-13)17-12-20-11-10-14-4-2-3-5-16(14)18(20)19-17;1-2-4-10-9(3-1)5-7-13-8-6-12-11(10)13;1-7-8-4-2-3-5-10(8)6-9-7;1-2-4-9-6-8-5-7(9)3-1/h1-16H;2*1-14H;2-12H,1H3;1-8H;2-6H,1H3;1-6H. The maximum atomic E-state index is 5.05. The van der Waals surface area contributed by atoms with Crippen molar-refractivity contribution in [3.8, 4) is 56.3 Å². The fourth-order valence-electron chi connectivity index (χ4n) is 16.1. The number of pyridine rings is 7. The molecule has 0 fully saturated rings. The molecule has 0 aliphatic rings. The molecule has 0 aliphatic carbocycles. The van der Waals surface area contributed by atoms with Gasteiger partial charge >= 0.3 is 0 Å². The Morgan fingerprint density at radius 1 is 0.244 bits per heavy atom. The van der Waals surface area contributed by atoms with Gasteiger partial charge < -0.3 is 22.0 Å². The van der Waals surface area contributed by atoms with Crippen molar-refractivity contribution in [3.05, 3.63) is 462 Å². The first kappa shape index (κ1) is 75.1. The summed E-state index contributed by atoms with van der Waals surface area (Å²) in [7, 11) is 0. The molecule has 0 atom stereocenters. The van der Waals surface area contributed by atoms with Crippen LogP contribution in [0.15, 0.2) is 451 Å². The second-order valence-electron chi connectivity index (χ2n) is 30.1. The lowest BCUT2D eigenvalue weighted by Gasteiger charge is -2.07. The molecule has 0 unspecified atom stereocenters. The second-order valence-corrected chi connectivity index (χ2v) is 30.1. The number of benzene rings is 12. The topological polar surface area (TPSA) is 121 Å². The second kappa shape index (κ2) is 33.7. The summed E-state index contributed by atoms with van der Waals surface area (Å²) < 4.78 is 14.6. The monoisotopic (exact) mass is 1580 g/mol. The Kier molecular flexibility index (Phi) is 20.6. The molecule has 14 heteroatoms. The molecule has 0 saturated carbocycles. The summed E-state index contributed by atoms with van der Waals surface area (Å²) in [5.41, 5.74) is 21.8. The van der Waals surface area contributed by atoms with E-state index in [2.05, 4.69) is 380 Å². The number of hydrogen-bond acceptors (Lipinski definition) is 7. The molecule has 123 heavy (non-hydrogen) atoms. The van der Waals surface area contributed by atoms with Gasteiger partial charge in [0, 0.05) is 128 Å². The van der Waals surface area contributed by atoms with Crippen molar-refractivity contribution >= 4 is 115 Å². The highest BCUT2D eigenvalue weighted by Crippen LogP contribution is 2.37. The van der Waals surface area contributed by atoms with Crippen molar-refractivity contribution < 1.29 is 0 Å². The van der Waals surface area contributed by atoms with Crippen LogP contribution in [0.3, 0.4) is 0 Å². The van der Waals surface area contributed by atoms with Gasteiger partial charge in [-0.05, 0) is 112 Å². The van der Waals surface area contributed by atoms with Gasteiger partial charge in [0.2, 0.25) is 0 Å². The Morgan fingerprint density at radius 2 is 0.699 bits per heavy atom. The van der Waals surface area contributed by atoms with E-state index in [1.165, 1.54) is 92.2 Å². The van der Waals surface area contributed by atoms with E-state index in [-0.39, 0.29) is 0 Å². The molecule has 0 spiro atoms. The summed E-state index contributed by atoms with van der Waals surface area (Å²) in [6, 6.07) is 126. The van der Waals surface area contributed by atoms with Crippen molar-refractivity contribution in [3.63, 3.8) is 0 Å². The molecule has 14 aromatic heterocycles. The van der Waals surface area contributed by atoms with E-state index in [9.17, 15) is 0 Å². The number of aryl methyl sites for hydroxylation is 2. The molecule has 14 nitrogen and oxygen atoms in total. The van der Waals surface area contributed by atoms with Crippen molar-refractivity contribution in [2.75, 3.05) is 0 Å². The normalized spacial score (nSPS) is 11.2. The molecule has 0 bridgehead atoms. The highest BCUT2D eigenvalue weighted by atomic mass is 15.0. The van der Waals surface area contributed by atoms with E-state index in [1.807, 2.05) is 124 Å². The molecule has 14 heterocycles. The summed E-state index contributed by atoms with van der Waals surface area (Å²) in [6.45, 7) is 4.11. The number of para-hydroxylation sites is 1. The number of aromatic nitrogens is 14. The Hall–Kier alpha value is -16.7. The predicted octanol–water partition coefficient (Wildman–Crippen LogP) is 26.4. The summed E-state index contributed by atoms with van der Waals surface area (Å²) in [6.07, 6.45) is 27.8. The minimum Gasteiger partial charge on any atom is -0.307 e. The molecule has 26 aromatic rings. The molecule has 26 rings (SSSR count). The van der Waals surface area contributed by atoms with Crippen LogP contribution in [0.25, 0.3) is 171 Å². The highest BCUT2D eigenvalue weighted by molar-refractivity contribution is 6.12. The zero-order valence-corrected chi connectivity index (χ0v) is 67.5. The van der Waals surface area contributed by atoms with Crippen LogP contribution in [0.4, 0.5) is 0 Å². The van der Waals surface area contributed by atoms with Gasteiger partial charge in [0.15, 0.2) is 0 Å². The number of fused-ring (bicyclic) bond motifs is 21. The van der Waals surface area contributed by atoms with E-state index in [1.54, 1.807) is 6.33 Å². The van der Waals surface area contributed by atoms with Crippen LogP contribution in [0.1, 0.15) is 11.3 Å². The third kappa shape index (κ3) is 15.4. The van der Waals surface area contributed by atoms with Crippen molar-refractivity contribution in [1.82, 2.24) is 65.7 Å². The molecule has 0 radical (unpaired) electrons. The van der Waals surface area contributed by atoms with E-state index in [0.717, 1.165) is 90.2 Å². The third-order valence-corrected chi connectivity index (χ3v) is 22.3. The summed E-state index contributed by atoms with van der Waals surface area (Å²) in [5, 5.41) is 15.8. The smallest absolute Gasteiger partial charge is 0.145 e. The van der Waals surface area contributed by atoms with Crippen molar-refractivity contribution in [2.24, 2.45) is 0 Å². The Labute approximate surface area is 708 Å². The molecule has 586 valence electrons. The summed E-state index contributed by atoms with van der Waals surface area (Å²) in [5.74, 6) is 0. The van der Waals surface area contributed by atoms with Crippen LogP contribution in [0.5, 0.6) is 0 Å². The number of hydrogen-bond donors (Lipinski definition) is 0. The van der Waals surface area contributed by atoms with Gasteiger partial charge in [-0.2, -0.15) is 0 Å². The van der Waals surface area contributed by atoms with Crippen LogP contribution in [0, 0.1) is 13.8 Å². The first-order valence-electron chi connectivity index (χ1n) is 41.0. The maximum Gasteiger partial charge on any atom is 0.145 e. The average Bonchev–Trinajstić information content (AvgIpc) is 1.70. The zero-order chi connectivity index (χ0) is 82.4. The van der Waals surface area contributed by atoms with Gasteiger partial charge in [0.1, 0.15) is 28.2 Å². The first-order chi connectivity index (χ1) is 60.8. The van der Waals surface area contributed by atoms with E-state index in [0.29, 0.717) is 0 Å². The maximum absolute atomic E-state index is 5.05. The quantitative estimate of drug-likeness (QED) is 0.157. The van der Waals surface area contributed by atoms with Crippen molar-refractivity contribution in [2.45, 2.75) is 13.8 Å². The van der Waals surface area contributed by atoms with E-state index in [4.69, 9.17) is 19.9 Å². The lowest BCUT2D eigenvalue weighted by molar-refractivity contribution is 1.15. The van der Waals surface area contributed by atoms with Crippen LogP contribution in [-0.2, 0) is 0 Å². The van der Waals surface area contributed by atoms with Gasteiger partial charge in [-0.1, -0.05) is 309 Å². The summed E-state index contributed by atoms with van der Waals surface area (Å²) in [4.78, 5) is 32.1. The van der Waals surface area contributed by atoms with Gasteiger partial charge in [-0.15, -0.1) is 0 Å². The largest absolute Gasteiger partial charge is 0.307 e. The van der Waals surface area contributed by atoms with E-state index < -0.39 is 0 Å². The Morgan fingerprint density at radius 3 is 1.33 bits per heavy atom. The lowest BCUT2D eigenvalue weighted by atomic mass is 10.1. The Bertz CT molecular complexity index is 8140. The van der Waals surface area contributed by atoms with Gasteiger partial charge in [0.05, 0.1) is 69.6 Å². The molecule has 0 amide bonds. The van der Waals surface area contributed by atoms with Gasteiger partial charge in [0.25, 0.3) is 0 Å². The zero-order valence-electron chi connectivity index (χ0n) is 67.5. The Balaban J connectivity index is 0.0000000934. The number of rotatable bonds is 5. The molecule has 0 aliphatic heterocycles. The predicted molar refractivity (Wildman–Crippen MR) is 506 cm³/mol. The van der Waals surface area contributed by atoms with Crippen LogP contribution in [-0.4, -0.2) is 65.7 Å². The molecular formula is C109H80N14. The molecule has 0 N–H and O–H groups in total. The molecule has 12 aromatic carbocycles. The van der Waals surface area contributed by atoms with Crippen LogP contribution >= 0.6 is 0 Å². The first-order valence-corrected chi connectivity index (χ1v) is 41.0. The SMILES string of the molecule is Cc1ccc(-c2cn3ccc4ccccc4c3n2)cc1.Cc1ncn2ccccc12.c1ccc(-c2cn3c4ccccc4c4ccccc4c3n2)cc1.c1ccc(-c2nc3c4ccccc4ccn3c2-c2ccccc2)cc1.c1ccc2c(c1)ccn1ccnc21.c1ccc2cc(-c3cn4ccc5ccccc5c4n3)ccc2c1.c1ccn2cncc2c1. The fraction of sp³-hybridized carbons (Fsp3) is 0.0183. The highest BCUT2D eigenvalue weighted by Gasteiger charge is 2.19. The van der Waals surface area contributed by atoms with Crippen molar-refractivity contribution in [1.29, 1.82) is 0 Å².